The Balaban J connectivity index is 2.44. The molecule has 10 nitrogen and oxygen atoms in total. The predicted octanol–water partition coefficient (Wildman–Crippen LogP) is 4.08. The number of nitriles is 1. The van der Waals surface area contributed by atoms with Gasteiger partial charge < -0.3 is 14.6 Å². The number of ether oxygens (including phenoxy) is 2. The van der Waals surface area contributed by atoms with E-state index in [-0.39, 0.29) is 59.3 Å². The molecule has 2 rings (SSSR count). The molecule has 0 aliphatic carbocycles. The Kier molecular flexibility index (Phi) is 8.84. The van der Waals surface area contributed by atoms with Gasteiger partial charge in [0, 0.05) is 11.1 Å². The van der Waals surface area contributed by atoms with Crippen LogP contribution in [0.5, 0.6) is 5.88 Å². The van der Waals surface area contributed by atoms with E-state index in [0.29, 0.717) is 0 Å². The average Bonchev–Trinajstić information content (AvgIpc) is 2.79. The van der Waals surface area contributed by atoms with Crippen LogP contribution in [0.4, 0.5) is 11.4 Å². The Morgan fingerprint density at radius 3 is 2.53 bits per heavy atom. The van der Waals surface area contributed by atoms with Gasteiger partial charge in [0.25, 0.3) is 5.56 Å². The first-order valence-electron chi connectivity index (χ1n) is 10.4. The second-order valence-electron chi connectivity index (χ2n) is 7.87. The van der Waals surface area contributed by atoms with Crippen LogP contribution in [0.25, 0.3) is 0 Å². The van der Waals surface area contributed by atoms with Gasteiger partial charge in [0.1, 0.15) is 23.9 Å². The van der Waals surface area contributed by atoms with E-state index in [0.717, 1.165) is 4.57 Å². The zero-order valence-electron chi connectivity index (χ0n) is 19.5. The van der Waals surface area contributed by atoms with Crippen LogP contribution in [0.15, 0.2) is 51.4 Å². The third-order valence-corrected chi connectivity index (χ3v) is 4.59. The molecular weight excluding hydrogens is 440 g/mol. The summed E-state index contributed by atoms with van der Waals surface area (Å²) in [5.74, 6) is -1.64. The van der Waals surface area contributed by atoms with Crippen molar-refractivity contribution in [2.75, 3.05) is 13.2 Å². The highest BCUT2D eigenvalue weighted by Gasteiger charge is 2.20. The largest absolute Gasteiger partial charge is 0.493 e. The van der Waals surface area contributed by atoms with Crippen LogP contribution in [-0.4, -0.2) is 34.8 Å². The number of hydrogen-bond acceptors (Lipinski definition) is 9. The number of hydrogen-bond donors (Lipinski definition) is 1. The molecule has 0 bridgehead atoms. The lowest BCUT2D eigenvalue weighted by Gasteiger charge is -2.13. The van der Waals surface area contributed by atoms with Crippen molar-refractivity contribution in [3.05, 3.63) is 63.5 Å². The Hall–Kier alpha value is -4.26. The zero-order chi connectivity index (χ0) is 25.4. The van der Waals surface area contributed by atoms with E-state index in [4.69, 9.17) is 9.47 Å². The molecule has 2 aromatic rings. The van der Waals surface area contributed by atoms with Gasteiger partial charge in [0.15, 0.2) is 5.69 Å². The predicted molar refractivity (Wildman–Crippen MR) is 123 cm³/mol. The van der Waals surface area contributed by atoms with Crippen LogP contribution < -0.4 is 5.56 Å². The van der Waals surface area contributed by atoms with E-state index in [1.54, 1.807) is 24.3 Å². The quantitative estimate of drug-likeness (QED) is 0.333. The number of rotatable bonds is 9. The van der Waals surface area contributed by atoms with Crippen molar-refractivity contribution in [1.29, 1.82) is 5.26 Å². The summed E-state index contributed by atoms with van der Waals surface area (Å²) in [5, 5.41) is 28.2. The van der Waals surface area contributed by atoms with E-state index in [1.807, 2.05) is 13.8 Å². The van der Waals surface area contributed by atoms with E-state index in [1.165, 1.54) is 19.9 Å². The van der Waals surface area contributed by atoms with Crippen molar-refractivity contribution < 1.29 is 24.2 Å². The molecular formula is C24H26N4O6. The fourth-order valence-corrected chi connectivity index (χ4v) is 2.77. The third-order valence-electron chi connectivity index (χ3n) is 4.59. The summed E-state index contributed by atoms with van der Waals surface area (Å²) in [6, 6.07) is 8.17. The average molecular weight is 466 g/mol. The van der Waals surface area contributed by atoms with Gasteiger partial charge in [-0.3, -0.25) is 9.36 Å². The smallest absolute Gasteiger partial charge is 0.340 e. The molecule has 1 aromatic heterocycles. The SMILES string of the molecule is C=C(C)C(=O)OCCn1c(O)c(/N=N/c2ccccc2C(=O)OCC(C)C)c(C)c(C#N)c1=O. The van der Waals surface area contributed by atoms with E-state index >= 15 is 0 Å². The van der Waals surface area contributed by atoms with Crippen molar-refractivity contribution >= 4 is 23.3 Å². The molecule has 0 spiro atoms. The van der Waals surface area contributed by atoms with E-state index in [9.17, 15) is 24.8 Å². The molecule has 0 unspecified atom stereocenters. The summed E-state index contributed by atoms with van der Waals surface area (Å²) in [5.41, 5.74) is -0.496. The maximum Gasteiger partial charge on any atom is 0.340 e. The molecule has 10 heteroatoms. The molecule has 0 saturated carbocycles. The topological polar surface area (TPSA) is 143 Å². The van der Waals surface area contributed by atoms with Crippen LogP contribution >= 0.6 is 0 Å². The Bertz CT molecular complexity index is 1240. The molecule has 0 amide bonds. The Morgan fingerprint density at radius 1 is 1.24 bits per heavy atom. The van der Waals surface area contributed by atoms with Gasteiger partial charge in [-0.05, 0) is 31.9 Å². The lowest BCUT2D eigenvalue weighted by Crippen LogP contribution is -2.26. The zero-order valence-corrected chi connectivity index (χ0v) is 19.5. The van der Waals surface area contributed by atoms with Crippen molar-refractivity contribution in [1.82, 2.24) is 4.57 Å². The third kappa shape index (κ3) is 6.16. The normalized spacial score (nSPS) is 10.8. The monoisotopic (exact) mass is 466 g/mol. The number of carbonyl (C=O) groups is 2. The number of carbonyl (C=O) groups excluding carboxylic acids is 2. The first kappa shape index (κ1) is 26.0. The number of azo groups is 1. The summed E-state index contributed by atoms with van der Waals surface area (Å²) in [7, 11) is 0. The van der Waals surface area contributed by atoms with Crippen molar-refractivity contribution in [2.24, 2.45) is 16.1 Å². The molecule has 1 aromatic carbocycles. The molecule has 1 heterocycles. The summed E-state index contributed by atoms with van der Waals surface area (Å²) in [4.78, 5) is 36.6. The van der Waals surface area contributed by atoms with Gasteiger partial charge in [-0.25, -0.2) is 9.59 Å². The summed E-state index contributed by atoms with van der Waals surface area (Å²) in [6.07, 6.45) is 0. The number of aromatic hydroxyl groups is 1. The number of aromatic nitrogens is 1. The van der Waals surface area contributed by atoms with Crippen LogP contribution in [0.1, 0.15) is 42.3 Å². The summed E-state index contributed by atoms with van der Waals surface area (Å²) < 4.78 is 11.1. The highest BCUT2D eigenvalue weighted by molar-refractivity contribution is 5.94. The van der Waals surface area contributed by atoms with Crippen molar-refractivity contribution in [3.63, 3.8) is 0 Å². The highest BCUT2D eigenvalue weighted by Crippen LogP contribution is 2.33. The van der Waals surface area contributed by atoms with Crippen molar-refractivity contribution in [2.45, 2.75) is 34.2 Å². The van der Waals surface area contributed by atoms with Gasteiger partial charge in [0.05, 0.1) is 18.7 Å². The highest BCUT2D eigenvalue weighted by atomic mass is 16.5. The van der Waals surface area contributed by atoms with Crippen molar-refractivity contribution in [3.8, 4) is 11.9 Å². The van der Waals surface area contributed by atoms with Crippen LogP contribution in [0.2, 0.25) is 0 Å². The Labute approximate surface area is 196 Å². The molecule has 0 radical (unpaired) electrons. The number of pyridine rings is 1. The van der Waals surface area contributed by atoms with Gasteiger partial charge >= 0.3 is 11.9 Å². The fraction of sp³-hybridized carbons (Fsp3) is 0.333. The second-order valence-corrected chi connectivity index (χ2v) is 7.87. The van der Waals surface area contributed by atoms with Gasteiger partial charge in [-0.1, -0.05) is 32.6 Å². The van der Waals surface area contributed by atoms with Gasteiger partial charge in [-0.2, -0.15) is 5.26 Å². The molecule has 34 heavy (non-hydrogen) atoms. The first-order valence-corrected chi connectivity index (χ1v) is 10.4. The molecule has 0 atom stereocenters. The van der Waals surface area contributed by atoms with Crippen LogP contribution in [0.3, 0.4) is 0 Å². The molecule has 0 aliphatic heterocycles. The molecule has 0 fully saturated rings. The minimum absolute atomic E-state index is 0.115. The standard InChI is InChI=1S/C24H26N4O6/c1-14(2)13-34-24(32)17-8-6-7-9-19(17)26-27-20-16(5)18(12-25)21(29)28(22(20)30)10-11-33-23(31)15(3)4/h6-9,14,30H,3,10-11,13H2,1-2,4-5H3/b27-26+. The summed E-state index contributed by atoms with van der Waals surface area (Å²) >= 11 is 0. The molecule has 1 N–H and O–H groups in total. The Morgan fingerprint density at radius 2 is 1.91 bits per heavy atom. The number of benzene rings is 1. The molecule has 178 valence electrons. The first-order chi connectivity index (χ1) is 16.1. The number of esters is 2. The minimum atomic E-state index is -0.763. The van der Waals surface area contributed by atoms with Crippen LogP contribution in [-0.2, 0) is 20.8 Å². The van der Waals surface area contributed by atoms with Gasteiger partial charge in [-0.15, -0.1) is 10.2 Å². The maximum atomic E-state index is 12.6. The van der Waals surface area contributed by atoms with E-state index in [2.05, 4.69) is 16.8 Å². The lowest BCUT2D eigenvalue weighted by atomic mass is 10.1. The second kappa shape index (κ2) is 11.6. The maximum absolute atomic E-state index is 12.6. The van der Waals surface area contributed by atoms with Crippen LogP contribution in [0, 0.1) is 24.2 Å². The van der Waals surface area contributed by atoms with Gasteiger partial charge in [0.2, 0.25) is 5.88 Å². The fourth-order valence-electron chi connectivity index (χ4n) is 2.77. The molecule has 0 saturated heterocycles. The lowest BCUT2D eigenvalue weighted by molar-refractivity contribution is -0.139. The molecule has 0 aliphatic rings. The number of nitrogens with zero attached hydrogens (tertiary/aromatic N) is 4. The minimum Gasteiger partial charge on any atom is -0.493 e. The van der Waals surface area contributed by atoms with E-state index < -0.39 is 23.4 Å². The summed E-state index contributed by atoms with van der Waals surface area (Å²) in [6.45, 7) is 9.97.